The van der Waals surface area contributed by atoms with E-state index in [9.17, 15) is 4.79 Å². The number of nitrogen functional groups attached to an aromatic ring is 1. The van der Waals surface area contributed by atoms with Gasteiger partial charge in [-0.3, -0.25) is 4.79 Å². The van der Waals surface area contributed by atoms with Crippen molar-refractivity contribution in [3.8, 4) is 0 Å². The van der Waals surface area contributed by atoms with Gasteiger partial charge in [0.25, 0.3) is 5.91 Å². The van der Waals surface area contributed by atoms with Crippen molar-refractivity contribution in [3.63, 3.8) is 0 Å². The van der Waals surface area contributed by atoms with E-state index >= 15 is 0 Å². The second kappa shape index (κ2) is 7.79. The van der Waals surface area contributed by atoms with Crippen molar-refractivity contribution in [1.29, 1.82) is 0 Å². The topological polar surface area (TPSA) is 90.1 Å². The Morgan fingerprint density at radius 1 is 1.50 bits per heavy atom. The van der Waals surface area contributed by atoms with E-state index in [4.69, 9.17) is 10.5 Å². The lowest BCUT2D eigenvalue weighted by molar-refractivity contribution is 0.0887. The zero-order chi connectivity index (χ0) is 15.1. The number of hydrogen-bond donors (Lipinski definition) is 2. The molecule has 1 rings (SSSR count). The Labute approximate surface area is 120 Å². The Hall–Kier alpha value is -1.69. The second-order valence-corrected chi connectivity index (χ2v) is 5.10. The Kier molecular flexibility index (Phi) is 6.38. The Morgan fingerprint density at radius 3 is 2.75 bits per heavy atom. The summed E-state index contributed by atoms with van der Waals surface area (Å²) in [7, 11) is 1.62. The summed E-state index contributed by atoms with van der Waals surface area (Å²) in [5, 5.41) is 2.91. The number of nitrogens with two attached hydrogens (primary N) is 1. The van der Waals surface area contributed by atoms with Crippen LogP contribution in [0.1, 0.15) is 55.8 Å². The minimum absolute atomic E-state index is 0.0330. The highest BCUT2D eigenvalue weighted by Crippen LogP contribution is 2.14. The predicted octanol–water partition coefficient (Wildman–Crippen LogP) is 1.73. The molecule has 6 heteroatoms. The normalized spacial score (nSPS) is 12.4. The molecule has 3 N–H and O–H groups in total. The van der Waals surface area contributed by atoms with Gasteiger partial charge in [0.05, 0.1) is 24.5 Å². The smallest absolute Gasteiger partial charge is 0.272 e. The highest BCUT2D eigenvalue weighted by molar-refractivity contribution is 5.97. The molecule has 0 radical (unpaired) electrons. The molecule has 0 saturated carbocycles. The molecule has 0 aliphatic heterocycles. The molecule has 1 aromatic rings. The first kappa shape index (κ1) is 16.4. The number of ether oxygens (including phenoxy) is 1. The standard InChI is InChI=1S/C14H24N4O2/c1-5-6-10(8-20-4)17-14(19)12-11(15)7-16-13(18-12)9(2)3/h7,9-10H,5-6,8,15H2,1-4H3,(H,17,19). The number of carbonyl (C=O) groups is 1. The van der Waals surface area contributed by atoms with Gasteiger partial charge in [0.15, 0.2) is 5.69 Å². The largest absolute Gasteiger partial charge is 0.396 e. The van der Waals surface area contributed by atoms with Crippen LogP contribution < -0.4 is 11.1 Å². The average Bonchev–Trinajstić information content (AvgIpc) is 2.39. The molecular weight excluding hydrogens is 256 g/mol. The summed E-state index contributed by atoms with van der Waals surface area (Å²) in [6.07, 6.45) is 3.30. The molecule has 1 aromatic heterocycles. The summed E-state index contributed by atoms with van der Waals surface area (Å²) in [6.45, 7) is 6.47. The third-order valence-electron chi connectivity index (χ3n) is 2.91. The number of amides is 1. The molecule has 0 aromatic carbocycles. The molecule has 0 bridgehead atoms. The molecule has 0 aliphatic rings. The van der Waals surface area contributed by atoms with Crippen LogP contribution in [0.25, 0.3) is 0 Å². The van der Waals surface area contributed by atoms with Crippen LogP contribution in [0.2, 0.25) is 0 Å². The minimum atomic E-state index is -0.276. The van der Waals surface area contributed by atoms with Gasteiger partial charge in [-0.15, -0.1) is 0 Å². The Bertz CT molecular complexity index is 443. The molecular formula is C14H24N4O2. The van der Waals surface area contributed by atoms with Gasteiger partial charge in [0.2, 0.25) is 0 Å². The first-order valence-corrected chi connectivity index (χ1v) is 6.91. The maximum Gasteiger partial charge on any atom is 0.272 e. The molecule has 1 atom stereocenters. The van der Waals surface area contributed by atoms with Crippen molar-refractivity contribution in [2.75, 3.05) is 19.5 Å². The van der Waals surface area contributed by atoms with E-state index in [0.29, 0.717) is 18.1 Å². The van der Waals surface area contributed by atoms with E-state index in [2.05, 4.69) is 22.2 Å². The van der Waals surface area contributed by atoms with E-state index in [1.165, 1.54) is 6.20 Å². The lowest BCUT2D eigenvalue weighted by Crippen LogP contribution is -2.38. The highest BCUT2D eigenvalue weighted by Gasteiger charge is 2.18. The summed E-state index contributed by atoms with van der Waals surface area (Å²) in [5.74, 6) is 0.484. The fourth-order valence-corrected chi connectivity index (χ4v) is 1.87. The average molecular weight is 280 g/mol. The minimum Gasteiger partial charge on any atom is -0.396 e. The fraction of sp³-hybridized carbons (Fsp3) is 0.643. The SMILES string of the molecule is CCCC(COC)NC(=O)c1nc(C(C)C)ncc1N. The second-order valence-electron chi connectivity index (χ2n) is 5.10. The number of aromatic nitrogens is 2. The zero-order valence-corrected chi connectivity index (χ0v) is 12.6. The van der Waals surface area contributed by atoms with Crippen LogP contribution in [0.5, 0.6) is 0 Å². The van der Waals surface area contributed by atoms with Crippen LogP contribution in [0, 0.1) is 0 Å². The Morgan fingerprint density at radius 2 is 2.20 bits per heavy atom. The monoisotopic (exact) mass is 280 g/mol. The van der Waals surface area contributed by atoms with Gasteiger partial charge >= 0.3 is 0 Å². The van der Waals surface area contributed by atoms with Crippen molar-refractivity contribution in [2.24, 2.45) is 0 Å². The van der Waals surface area contributed by atoms with Crippen molar-refractivity contribution in [1.82, 2.24) is 15.3 Å². The number of methoxy groups -OCH3 is 1. The van der Waals surface area contributed by atoms with Gasteiger partial charge in [-0.25, -0.2) is 9.97 Å². The van der Waals surface area contributed by atoms with Gasteiger partial charge in [0.1, 0.15) is 5.82 Å². The summed E-state index contributed by atoms with van der Waals surface area (Å²) in [5.41, 5.74) is 6.33. The number of rotatable bonds is 7. The molecule has 1 heterocycles. The summed E-state index contributed by atoms with van der Waals surface area (Å²) in [4.78, 5) is 20.7. The molecule has 112 valence electrons. The van der Waals surface area contributed by atoms with E-state index in [0.717, 1.165) is 12.8 Å². The summed E-state index contributed by atoms with van der Waals surface area (Å²) in [6, 6.07) is -0.0330. The Balaban J connectivity index is 2.87. The van der Waals surface area contributed by atoms with Crippen LogP contribution in [0.15, 0.2) is 6.20 Å². The number of nitrogens with zero attached hydrogens (tertiary/aromatic N) is 2. The van der Waals surface area contributed by atoms with Crippen molar-refractivity contribution in [2.45, 2.75) is 45.6 Å². The van der Waals surface area contributed by atoms with Crippen molar-refractivity contribution < 1.29 is 9.53 Å². The number of hydrogen-bond acceptors (Lipinski definition) is 5. The molecule has 20 heavy (non-hydrogen) atoms. The van der Waals surface area contributed by atoms with Crippen molar-refractivity contribution in [3.05, 3.63) is 17.7 Å². The van der Waals surface area contributed by atoms with Gasteiger partial charge in [-0.1, -0.05) is 27.2 Å². The maximum absolute atomic E-state index is 12.3. The maximum atomic E-state index is 12.3. The molecule has 0 saturated heterocycles. The molecule has 0 aliphatic carbocycles. The zero-order valence-electron chi connectivity index (χ0n) is 12.6. The van der Waals surface area contributed by atoms with E-state index in [1.807, 2.05) is 13.8 Å². The third-order valence-corrected chi connectivity index (χ3v) is 2.91. The molecule has 1 unspecified atom stereocenters. The number of anilines is 1. The number of carbonyl (C=O) groups excluding carboxylic acids is 1. The highest BCUT2D eigenvalue weighted by atomic mass is 16.5. The molecule has 0 spiro atoms. The lowest BCUT2D eigenvalue weighted by Gasteiger charge is -2.17. The quantitative estimate of drug-likeness (QED) is 0.793. The van der Waals surface area contributed by atoms with Crippen LogP contribution in [0.3, 0.4) is 0 Å². The predicted molar refractivity (Wildman–Crippen MR) is 78.6 cm³/mol. The van der Waals surface area contributed by atoms with E-state index in [-0.39, 0.29) is 23.6 Å². The third kappa shape index (κ3) is 4.45. The van der Waals surface area contributed by atoms with Gasteiger partial charge in [-0.2, -0.15) is 0 Å². The van der Waals surface area contributed by atoms with Gasteiger partial charge < -0.3 is 15.8 Å². The lowest BCUT2D eigenvalue weighted by atomic mass is 10.1. The fourth-order valence-electron chi connectivity index (χ4n) is 1.87. The molecule has 0 fully saturated rings. The van der Waals surface area contributed by atoms with Crippen LogP contribution >= 0.6 is 0 Å². The van der Waals surface area contributed by atoms with E-state index in [1.54, 1.807) is 7.11 Å². The summed E-state index contributed by atoms with van der Waals surface area (Å²) >= 11 is 0. The first-order valence-electron chi connectivity index (χ1n) is 6.91. The summed E-state index contributed by atoms with van der Waals surface area (Å²) < 4.78 is 5.11. The van der Waals surface area contributed by atoms with Gasteiger partial charge in [0, 0.05) is 13.0 Å². The molecule has 6 nitrogen and oxygen atoms in total. The molecule has 1 amide bonds. The first-order chi connectivity index (χ1) is 9.49. The number of nitrogens with one attached hydrogen (secondary N) is 1. The van der Waals surface area contributed by atoms with Gasteiger partial charge in [-0.05, 0) is 6.42 Å². The van der Waals surface area contributed by atoms with E-state index < -0.39 is 0 Å². The van der Waals surface area contributed by atoms with Crippen LogP contribution in [-0.4, -0.2) is 35.6 Å². The van der Waals surface area contributed by atoms with Crippen LogP contribution in [0.4, 0.5) is 5.69 Å². The van der Waals surface area contributed by atoms with Crippen LogP contribution in [-0.2, 0) is 4.74 Å². The van der Waals surface area contributed by atoms with Crippen molar-refractivity contribution >= 4 is 11.6 Å².